The number of benzene rings is 1. The molecule has 0 aromatic heterocycles. The number of carboxylic acids is 1. The summed E-state index contributed by atoms with van der Waals surface area (Å²) in [6.45, 7) is 6.07. The Morgan fingerprint density at radius 1 is 1.32 bits per heavy atom. The van der Waals surface area contributed by atoms with Gasteiger partial charge in [-0.25, -0.2) is 0 Å². The zero-order valence-corrected chi connectivity index (χ0v) is 12.1. The monoisotopic (exact) mass is 262 g/mol. The first kappa shape index (κ1) is 13.9. The molecule has 1 aliphatic rings. The van der Waals surface area contributed by atoms with Crippen LogP contribution in [0.25, 0.3) is 0 Å². The minimum Gasteiger partial charge on any atom is -0.496 e. The Labute approximate surface area is 114 Å². The van der Waals surface area contributed by atoms with Crippen LogP contribution >= 0.6 is 0 Å². The summed E-state index contributed by atoms with van der Waals surface area (Å²) in [6.07, 6.45) is 1.93. The molecule has 0 heterocycles. The lowest BCUT2D eigenvalue weighted by atomic mass is 9.82. The number of methoxy groups -OCH3 is 1. The molecule has 1 N–H and O–H groups in total. The molecule has 1 aliphatic carbocycles. The van der Waals surface area contributed by atoms with Gasteiger partial charge in [-0.05, 0) is 36.0 Å². The maximum Gasteiger partial charge on any atom is 0.307 e. The normalized spacial score (nSPS) is 18.2. The number of carbonyl (C=O) groups is 1. The van der Waals surface area contributed by atoms with Crippen LogP contribution < -0.4 is 4.74 Å². The zero-order chi connectivity index (χ0) is 14.2. The Hall–Kier alpha value is -1.51. The van der Waals surface area contributed by atoms with Crippen molar-refractivity contribution in [1.29, 1.82) is 0 Å². The Bertz CT molecular complexity index is 487. The van der Waals surface area contributed by atoms with E-state index in [9.17, 15) is 9.90 Å². The molecule has 1 fully saturated rings. The second-order valence-electron chi connectivity index (χ2n) is 5.83. The SMILES string of the molecule is COc1ccc(C2(C(C)C(=O)O)CC2)cc1C(C)C. The van der Waals surface area contributed by atoms with Crippen LogP contribution in [-0.4, -0.2) is 18.2 Å². The van der Waals surface area contributed by atoms with E-state index in [1.807, 2.05) is 19.1 Å². The predicted octanol–water partition coefficient (Wildman–Crippen LogP) is 3.57. The first-order valence-electron chi connectivity index (χ1n) is 6.83. The number of aliphatic carboxylic acids is 1. The van der Waals surface area contributed by atoms with Crippen molar-refractivity contribution in [3.05, 3.63) is 29.3 Å². The van der Waals surface area contributed by atoms with Crippen LogP contribution in [0.3, 0.4) is 0 Å². The van der Waals surface area contributed by atoms with Gasteiger partial charge in [0.2, 0.25) is 0 Å². The molecule has 0 aliphatic heterocycles. The summed E-state index contributed by atoms with van der Waals surface area (Å²) in [4.78, 5) is 11.3. The van der Waals surface area contributed by atoms with Gasteiger partial charge in [0.1, 0.15) is 5.75 Å². The van der Waals surface area contributed by atoms with Crippen LogP contribution in [-0.2, 0) is 10.2 Å². The average molecular weight is 262 g/mol. The summed E-state index contributed by atoms with van der Waals surface area (Å²) >= 11 is 0. The maximum atomic E-state index is 11.3. The van der Waals surface area contributed by atoms with Crippen molar-refractivity contribution in [3.8, 4) is 5.75 Å². The molecule has 3 heteroatoms. The summed E-state index contributed by atoms with van der Waals surface area (Å²) < 4.78 is 5.39. The quantitative estimate of drug-likeness (QED) is 0.882. The molecule has 1 saturated carbocycles. The van der Waals surface area contributed by atoms with Crippen molar-refractivity contribution in [3.63, 3.8) is 0 Å². The highest BCUT2D eigenvalue weighted by Crippen LogP contribution is 2.54. The average Bonchev–Trinajstić information content (AvgIpc) is 3.18. The fourth-order valence-corrected chi connectivity index (χ4v) is 2.84. The summed E-state index contributed by atoms with van der Waals surface area (Å²) in [6, 6.07) is 6.13. The topological polar surface area (TPSA) is 46.5 Å². The van der Waals surface area contributed by atoms with Gasteiger partial charge in [-0.15, -0.1) is 0 Å². The lowest BCUT2D eigenvalue weighted by molar-refractivity contribution is -0.142. The van der Waals surface area contributed by atoms with Gasteiger partial charge in [0.25, 0.3) is 0 Å². The van der Waals surface area contributed by atoms with Gasteiger partial charge in [-0.1, -0.05) is 32.9 Å². The molecule has 1 aromatic rings. The number of carboxylic acid groups (broad SMARTS) is 1. The minimum atomic E-state index is -0.709. The Morgan fingerprint density at radius 3 is 2.37 bits per heavy atom. The second-order valence-corrected chi connectivity index (χ2v) is 5.83. The third kappa shape index (κ3) is 2.34. The van der Waals surface area contributed by atoms with E-state index in [1.165, 1.54) is 0 Å². The van der Waals surface area contributed by atoms with E-state index in [1.54, 1.807) is 7.11 Å². The molecule has 19 heavy (non-hydrogen) atoms. The smallest absolute Gasteiger partial charge is 0.307 e. The van der Waals surface area contributed by atoms with Crippen molar-refractivity contribution in [2.75, 3.05) is 7.11 Å². The molecule has 0 saturated heterocycles. The summed E-state index contributed by atoms with van der Waals surface area (Å²) in [7, 11) is 1.67. The molecule has 1 atom stereocenters. The van der Waals surface area contributed by atoms with Crippen molar-refractivity contribution >= 4 is 5.97 Å². The Balaban J connectivity index is 2.41. The fourth-order valence-electron chi connectivity index (χ4n) is 2.84. The fraction of sp³-hybridized carbons (Fsp3) is 0.562. The van der Waals surface area contributed by atoms with Gasteiger partial charge in [0.05, 0.1) is 13.0 Å². The van der Waals surface area contributed by atoms with E-state index < -0.39 is 5.97 Å². The van der Waals surface area contributed by atoms with Gasteiger partial charge in [-0.2, -0.15) is 0 Å². The summed E-state index contributed by atoms with van der Waals surface area (Å²) in [5.74, 6) is 0.212. The molecule has 0 spiro atoms. The number of rotatable bonds is 5. The lowest BCUT2D eigenvalue weighted by Crippen LogP contribution is -2.25. The van der Waals surface area contributed by atoms with Gasteiger partial charge < -0.3 is 9.84 Å². The van der Waals surface area contributed by atoms with Gasteiger partial charge in [-0.3, -0.25) is 4.79 Å². The molecule has 104 valence electrons. The van der Waals surface area contributed by atoms with Crippen molar-refractivity contribution in [2.45, 2.75) is 44.9 Å². The second kappa shape index (κ2) is 4.87. The maximum absolute atomic E-state index is 11.3. The van der Waals surface area contributed by atoms with Crippen LogP contribution in [0.5, 0.6) is 5.75 Å². The van der Waals surface area contributed by atoms with Gasteiger partial charge in [0.15, 0.2) is 0 Å². The minimum absolute atomic E-state index is 0.165. The number of ether oxygens (including phenoxy) is 1. The van der Waals surface area contributed by atoms with Gasteiger partial charge in [0, 0.05) is 5.41 Å². The number of hydrogen-bond donors (Lipinski definition) is 1. The standard InChI is InChI=1S/C16H22O3/c1-10(2)13-9-12(5-6-14(13)19-4)16(7-8-16)11(3)15(17)18/h5-6,9-11H,7-8H2,1-4H3,(H,17,18). The molecule has 0 amide bonds. The van der Waals surface area contributed by atoms with Crippen LogP contribution in [0.1, 0.15) is 50.7 Å². The molecule has 3 nitrogen and oxygen atoms in total. The first-order valence-corrected chi connectivity index (χ1v) is 6.83. The van der Waals surface area contributed by atoms with E-state index >= 15 is 0 Å². The predicted molar refractivity (Wildman–Crippen MR) is 74.8 cm³/mol. The molecule has 2 rings (SSSR count). The Morgan fingerprint density at radius 2 is 1.95 bits per heavy atom. The molecule has 1 aromatic carbocycles. The van der Waals surface area contributed by atoms with E-state index in [0.29, 0.717) is 5.92 Å². The first-order chi connectivity index (χ1) is 8.92. The van der Waals surface area contributed by atoms with Crippen LogP contribution in [0.15, 0.2) is 18.2 Å². The van der Waals surface area contributed by atoms with E-state index in [2.05, 4.69) is 19.9 Å². The molecule has 0 bridgehead atoms. The zero-order valence-electron chi connectivity index (χ0n) is 12.1. The third-order valence-electron chi connectivity index (χ3n) is 4.41. The van der Waals surface area contributed by atoms with E-state index in [0.717, 1.165) is 29.7 Å². The Kier molecular flexibility index (Phi) is 3.57. The van der Waals surface area contributed by atoms with E-state index in [4.69, 9.17) is 4.74 Å². The van der Waals surface area contributed by atoms with Crippen molar-refractivity contribution < 1.29 is 14.6 Å². The molecule has 0 radical (unpaired) electrons. The lowest BCUT2D eigenvalue weighted by Gasteiger charge is -2.22. The highest BCUT2D eigenvalue weighted by molar-refractivity contribution is 5.73. The number of hydrogen-bond acceptors (Lipinski definition) is 2. The van der Waals surface area contributed by atoms with E-state index in [-0.39, 0.29) is 11.3 Å². The van der Waals surface area contributed by atoms with Crippen LogP contribution in [0, 0.1) is 5.92 Å². The molecular formula is C16H22O3. The third-order valence-corrected chi connectivity index (χ3v) is 4.41. The molecule has 1 unspecified atom stereocenters. The summed E-state index contributed by atoms with van der Waals surface area (Å²) in [5.41, 5.74) is 2.14. The van der Waals surface area contributed by atoms with Crippen molar-refractivity contribution in [2.24, 2.45) is 5.92 Å². The molecular weight excluding hydrogens is 240 g/mol. The highest BCUT2D eigenvalue weighted by atomic mass is 16.5. The largest absolute Gasteiger partial charge is 0.496 e. The van der Waals surface area contributed by atoms with Crippen LogP contribution in [0.4, 0.5) is 0 Å². The van der Waals surface area contributed by atoms with Crippen molar-refractivity contribution in [1.82, 2.24) is 0 Å². The van der Waals surface area contributed by atoms with Crippen LogP contribution in [0.2, 0.25) is 0 Å². The summed E-state index contributed by atoms with van der Waals surface area (Å²) in [5, 5.41) is 9.27. The highest BCUT2D eigenvalue weighted by Gasteiger charge is 2.51. The van der Waals surface area contributed by atoms with Gasteiger partial charge >= 0.3 is 5.97 Å².